The Morgan fingerprint density at radius 2 is 1.96 bits per heavy atom. The largest absolute Gasteiger partial charge is 0.506 e. The molecule has 0 amide bonds. The molecule has 7 heteroatoms. The number of nitrogens with zero attached hydrogens (tertiary/aromatic N) is 2. The molecular formula is C17H14ClN3O3. The predicted molar refractivity (Wildman–Crippen MR) is 93.9 cm³/mol. The number of nitrogen functional groups attached to an aromatic ring is 1. The summed E-state index contributed by atoms with van der Waals surface area (Å²) < 4.78 is 0. The van der Waals surface area contributed by atoms with E-state index in [1.54, 1.807) is 12.1 Å². The topological polar surface area (TPSA) is 109 Å². The van der Waals surface area contributed by atoms with Crippen molar-refractivity contribution < 1.29 is 15.0 Å². The number of fused-ring (bicyclic) bond motifs is 1. The number of phenols is 1. The first-order valence-electron chi connectivity index (χ1n) is 6.77. The van der Waals surface area contributed by atoms with E-state index in [1.165, 1.54) is 6.33 Å². The molecule has 0 aliphatic carbocycles. The molecule has 0 saturated carbocycles. The molecule has 1 heterocycles. The van der Waals surface area contributed by atoms with Gasteiger partial charge < -0.3 is 15.9 Å². The number of nitrogens with two attached hydrogens (primary N) is 1. The Kier molecular flexibility index (Phi) is 5.34. The summed E-state index contributed by atoms with van der Waals surface area (Å²) in [5.74, 6) is -0.536. The number of carboxylic acid groups (broad SMARTS) is 1. The number of rotatable bonds is 2. The summed E-state index contributed by atoms with van der Waals surface area (Å²) in [6.07, 6.45) is 2.26. The summed E-state index contributed by atoms with van der Waals surface area (Å²) in [5, 5.41) is 18.4. The molecule has 0 spiro atoms. The van der Waals surface area contributed by atoms with Crippen molar-refractivity contribution in [3.8, 4) is 16.9 Å². The van der Waals surface area contributed by atoms with Crippen LogP contribution in [-0.4, -0.2) is 26.2 Å². The van der Waals surface area contributed by atoms with E-state index in [1.807, 2.05) is 24.3 Å². The van der Waals surface area contributed by atoms with Crippen molar-refractivity contribution in [3.63, 3.8) is 0 Å². The van der Waals surface area contributed by atoms with Crippen LogP contribution in [0.1, 0.15) is 0 Å². The van der Waals surface area contributed by atoms with Crippen molar-refractivity contribution in [1.82, 2.24) is 9.97 Å². The van der Waals surface area contributed by atoms with Gasteiger partial charge in [-0.25, -0.2) is 14.8 Å². The number of aromatic nitrogens is 2. The molecule has 3 rings (SSSR count). The third-order valence-electron chi connectivity index (χ3n) is 3.12. The van der Waals surface area contributed by atoms with Gasteiger partial charge in [-0.3, -0.25) is 0 Å². The number of benzene rings is 2. The molecule has 24 heavy (non-hydrogen) atoms. The lowest BCUT2D eigenvalue weighted by molar-refractivity contribution is -0.131. The number of halogens is 1. The molecule has 122 valence electrons. The number of carboxylic acids is 1. The van der Waals surface area contributed by atoms with Crippen LogP contribution in [0.2, 0.25) is 5.02 Å². The first-order chi connectivity index (χ1) is 11.4. The number of hydrogen-bond acceptors (Lipinski definition) is 5. The summed E-state index contributed by atoms with van der Waals surface area (Å²) in [6, 6.07) is 10.7. The minimum atomic E-state index is -0.981. The number of aliphatic carboxylic acids is 1. The lowest BCUT2D eigenvalue weighted by Crippen LogP contribution is -1.95. The molecule has 0 radical (unpaired) electrons. The van der Waals surface area contributed by atoms with E-state index in [9.17, 15) is 9.90 Å². The zero-order valence-corrected chi connectivity index (χ0v) is 13.2. The van der Waals surface area contributed by atoms with Crippen molar-refractivity contribution in [2.75, 3.05) is 5.73 Å². The van der Waals surface area contributed by atoms with Gasteiger partial charge in [-0.05, 0) is 29.3 Å². The van der Waals surface area contributed by atoms with Crippen LogP contribution in [-0.2, 0) is 4.79 Å². The minimum Gasteiger partial charge on any atom is -0.506 e. The third kappa shape index (κ3) is 3.80. The van der Waals surface area contributed by atoms with Crippen molar-refractivity contribution in [1.29, 1.82) is 0 Å². The highest BCUT2D eigenvalue weighted by Gasteiger charge is 2.09. The highest BCUT2D eigenvalue weighted by Crippen LogP contribution is 2.34. The van der Waals surface area contributed by atoms with Gasteiger partial charge in [0.25, 0.3) is 0 Å². The quantitative estimate of drug-likeness (QED) is 0.614. The SMILES string of the molecule is C=CC(=O)O.Nc1ncnc2cccc(-c3ccc(Cl)c(O)c3)c12. The van der Waals surface area contributed by atoms with Crippen molar-refractivity contribution in [2.24, 2.45) is 0 Å². The molecule has 0 unspecified atom stereocenters. The van der Waals surface area contributed by atoms with Gasteiger partial charge in [0.15, 0.2) is 0 Å². The van der Waals surface area contributed by atoms with Crippen LogP contribution in [0, 0.1) is 0 Å². The van der Waals surface area contributed by atoms with E-state index in [0.29, 0.717) is 10.8 Å². The van der Waals surface area contributed by atoms with Crippen LogP contribution in [0.4, 0.5) is 5.82 Å². The van der Waals surface area contributed by atoms with Gasteiger partial charge in [-0.15, -0.1) is 0 Å². The van der Waals surface area contributed by atoms with Crippen LogP contribution in [0.15, 0.2) is 55.4 Å². The molecule has 0 fully saturated rings. The van der Waals surface area contributed by atoms with E-state index in [4.69, 9.17) is 22.4 Å². The fraction of sp³-hybridized carbons (Fsp3) is 0. The van der Waals surface area contributed by atoms with Gasteiger partial charge in [-0.1, -0.05) is 36.4 Å². The molecule has 3 aromatic rings. The minimum absolute atomic E-state index is 0.0339. The van der Waals surface area contributed by atoms with Crippen LogP contribution in [0.5, 0.6) is 5.75 Å². The molecule has 0 atom stereocenters. The average Bonchev–Trinajstić information content (AvgIpc) is 2.57. The normalized spacial score (nSPS) is 9.88. The molecule has 0 bridgehead atoms. The van der Waals surface area contributed by atoms with Crippen LogP contribution in [0.25, 0.3) is 22.0 Å². The number of aromatic hydroxyl groups is 1. The lowest BCUT2D eigenvalue weighted by Gasteiger charge is -2.08. The van der Waals surface area contributed by atoms with Crippen LogP contribution in [0.3, 0.4) is 0 Å². The van der Waals surface area contributed by atoms with Gasteiger partial charge in [-0.2, -0.15) is 0 Å². The zero-order chi connectivity index (χ0) is 17.7. The Balaban J connectivity index is 0.000000368. The number of hydrogen-bond donors (Lipinski definition) is 3. The van der Waals surface area contributed by atoms with Gasteiger partial charge >= 0.3 is 5.97 Å². The third-order valence-corrected chi connectivity index (χ3v) is 3.44. The van der Waals surface area contributed by atoms with Crippen LogP contribution >= 0.6 is 11.6 Å². The first kappa shape index (κ1) is 17.2. The first-order valence-corrected chi connectivity index (χ1v) is 7.15. The molecule has 0 aliphatic rings. The second-order valence-corrected chi connectivity index (χ2v) is 5.07. The molecule has 0 saturated heterocycles. The van der Waals surface area contributed by atoms with Gasteiger partial charge in [0, 0.05) is 6.08 Å². The molecule has 1 aromatic heterocycles. The summed E-state index contributed by atoms with van der Waals surface area (Å²) in [4.78, 5) is 17.5. The average molecular weight is 344 g/mol. The fourth-order valence-electron chi connectivity index (χ4n) is 2.06. The molecule has 6 nitrogen and oxygen atoms in total. The second-order valence-electron chi connectivity index (χ2n) is 4.67. The van der Waals surface area contributed by atoms with E-state index in [2.05, 4.69) is 16.5 Å². The van der Waals surface area contributed by atoms with Crippen molar-refractivity contribution in [2.45, 2.75) is 0 Å². The molecule has 2 aromatic carbocycles. The standard InChI is InChI=1S/C14H10ClN3O.C3H4O2/c15-10-5-4-8(6-12(10)19)9-2-1-3-11-13(9)14(16)18-7-17-11;1-2-3(4)5/h1-7,19H,(H2,16,17,18);2H,1H2,(H,4,5). The van der Waals surface area contributed by atoms with E-state index in [-0.39, 0.29) is 5.75 Å². The van der Waals surface area contributed by atoms with E-state index < -0.39 is 5.97 Å². The summed E-state index contributed by atoms with van der Waals surface area (Å²) >= 11 is 5.82. The zero-order valence-electron chi connectivity index (χ0n) is 12.5. The Hall–Kier alpha value is -3.12. The summed E-state index contributed by atoms with van der Waals surface area (Å²) in [6.45, 7) is 2.96. The van der Waals surface area contributed by atoms with Crippen molar-refractivity contribution in [3.05, 3.63) is 60.4 Å². The van der Waals surface area contributed by atoms with Crippen molar-refractivity contribution >= 4 is 34.3 Å². The van der Waals surface area contributed by atoms with Crippen LogP contribution < -0.4 is 5.73 Å². The number of anilines is 1. The summed E-state index contributed by atoms with van der Waals surface area (Å²) in [7, 11) is 0. The van der Waals surface area contributed by atoms with E-state index in [0.717, 1.165) is 28.1 Å². The Labute approximate surface area is 142 Å². The predicted octanol–water partition coefficient (Wildman–Crippen LogP) is 3.50. The van der Waals surface area contributed by atoms with Gasteiger partial charge in [0.05, 0.1) is 15.9 Å². The molecular weight excluding hydrogens is 330 g/mol. The monoisotopic (exact) mass is 343 g/mol. The maximum absolute atomic E-state index is 9.71. The van der Waals surface area contributed by atoms with Gasteiger partial charge in [0.2, 0.25) is 0 Å². The lowest BCUT2D eigenvalue weighted by atomic mass is 10.0. The van der Waals surface area contributed by atoms with E-state index >= 15 is 0 Å². The maximum Gasteiger partial charge on any atom is 0.327 e. The van der Waals surface area contributed by atoms with Gasteiger partial charge in [0.1, 0.15) is 17.9 Å². The summed E-state index contributed by atoms with van der Waals surface area (Å²) in [5.41, 5.74) is 8.36. The number of phenolic OH excluding ortho intramolecular Hbond substituents is 1. The highest BCUT2D eigenvalue weighted by atomic mass is 35.5. The second kappa shape index (κ2) is 7.43. The molecule has 4 N–H and O–H groups in total. The Morgan fingerprint density at radius 1 is 1.25 bits per heavy atom. The fourth-order valence-corrected chi connectivity index (χ4v) is 2.17. The maximum atomic E-state index is 9.71. The molecule has 0 aliphatic heterocycles. The smallest absolute Gasteiger partial charge is 0.327 e. The number of carbonyl (C=O) groups is 1. The Morgan fingerprint density at radius 3 is 2.58 bits per heavy atom. The highest BCUT2D eigenvalue weighted by molar-refractivity contribution is 6.32. The Bertz CT molecular complexity index is 907.